The van der Waals surface area contributed by atoms with Gasteiger partial charge in [0.15, 0.2) is 6.17 Å². The van der Waals surface area contributed by atoms with Crippen LogP contribution in [-0.4, -0.2) is 31.5 Å². The normalized spacial score (nSPS) is 17.9. The van der Waals surface area contributed by atoms with Gasteiger partial charge in [-0.25, -0.2) is 9.18 Å². The molecule has 0 unspecified atom stereocenters. The first-order chi connectivity index (χ1) is 19.1. The lowest BCUT2D eigenvalue weighted by molar-refractivity contribution is -0.157. The largest absolute Gasteiger partial charge is 0.494 e. The maximum atomic E-state index is 13.9. The van der Waals surface area contributed by atoms with Crippen LogP contribution >= 0.6 is 0 Å². The molecule has 0 saturated heterocycles. The Kier molecular flexibility index (Phi) is 14.2. The van der Waals surface area contributed by atoms with Crippen LogP contribution in [0.2, 0.25) is 0 Å². The molecule has 0 bridgehead atoms. The van der Waals surface area contributed by atoms with Gasteiger partial charge in [-0.2, -0.15) is 0 Å². The van der Waals surface area contributed by atoms with Gasteiger partial charge >= 0.3 is 5.97 Å². The molecule has 0 heterocycles. The standard InChI is InChI=1S/C34H49FO4/c1-3-5-7-8-9-10-11-25-37-30-21-15-28(16-22-30)29-17-23-31(24-18-29)38-26-27-13-19-32(20-14-27)39-34(36)33(35)12-6-4-2/h15-18,21-24,27,32-33H,3-14,19-20,25-26H2,1-2H3/t27-,32-,33-/m0/s1. The van der Waals surface area contributed by atoms with Gasteiger partial charge in [-0.05, 0) is 79.8 Å². The molecule has 0 radical (unpaired) electrons. The van der Waals surface area contributed by atoms with E-state index in [1.54, 1.807) is 0 Å². The SMILES string of the molecule is CCCCCCCCCOc1ccc(-c2ccc(OC[C@H]3CC[C@H](OC(=O)[C@@H](F)CCCC)CC3)cc2)cc1. The molecule has 1 atom stereocenters. The Balaban J connectivity index is 1.32. The number of alkyl halides is 1. The van der Waals surface area contributed by atoms with Crippen LogP contribution < -0.4 is 9.47 Å². The quantitative estimate of drug-likeness (QED) is 0.139. The van der Waals surface area contributed by atoms with Crippen molar-refractivity contribution < 1.29 is 23.4 Å². The van der Waals surface area contributed by atoms with Crippen molar-refractivity contribution in [1.82, 2.24) is 0 Å². The number of rotatable bonds is 18. The molecule has 5 heteroatoms. The number of halogens is 1. The van der Waals surface area contributed by atoms with Crippen LogP contribution in [0.1, 0.15) is 104 Å². The number of carbonyl (C=O) groups is 1. The molecule has 2 aromatic rings. The number of esters is 1. The lowest BCUT2D eigenvalue weighted by Crippen LogP contribution is -2.30. The van der Waals surface area contributed by atoms with Crippen LogP contribution in [0.4, 0.5) is 4.39 Å². The van der Waals surface area contributed by atoms with Crippen molar-refractivity contribution in [3.8, 4) is 22.6 Å². The summed E-state index contributed by atoms with van der Waals surface area (Å²) in [6, 6.07) is 16.5. The first-order valence-electron chi connectivity index (χ1n) is 15.4. The van der Waals surface area contributed by atoms with Crippen LogP contribution in [-0.2, 0) is 9.53 Å². The summed E-state index contributed by atoms with van der Waals surface area (Å²) >= 11 is 0. The highest BCUT2D eigenvalue weighted by Gasteiger charge is 2.27. The molecule has 0 spiro atoms. The smallest absolute Gasteiger partial charge is 0.340 e. The number of ether oxygens (including phenoxy) is 3. The summed E-state index contributed by atoms with van der Waals surface area (Å²) in [4.78, 5) is 11.9. The van der Waals surface area contributed by atoms with Gasteiger partial charge in [-0.3, -0.25) is 0 Å². The highest BCUT2D eigenvalue weighted by molar-refractivity contribution is 5.74. The van der Waals surface area contributed by atoms with E-state index in [2.05, 4.69) is 31.2 Å². The third kappa shape index (κ3) is 11.6. The molecule has 4 nitrogen and oxygen atoms in total. The monoisotopic (exact) mass is 540 g/mol. The maximum Gasteiger partial charge on any atom is 0.340 e. The second kappa shape index (κ2) is 17.9. The molecule has 0 aromatic heterocycles. The van der Waals surface area contributed by atoms with E-state index in [1.165, 1.54) is 38.5 Å². The molecule has 1 saturated carbocycles. The van der Waals surface area contributed by atoms with Crippen molar-refractivity contribution in [3.63, 3.8) is 0 Å². The summed E-state index contributed by atoms with van der Waals surface area (Å²) in [5, 5.41) is 0. The number of hydrogen-bond acceptors (Lipinski definition) is 4. The average molecular weight is 541 g/mol. The topological polar surface area (TPSA) is 44.8 Å². The Bertz CT molecular complexity index is 919. The van der Waals surface area contributed by atoms with E-state index in [1.807, 2.05) is 31.2 Å². The third-order valence-corrected chi connectivity index (χ3v) is 7.69. The molecule has 39 heavy (non-hydrogen) atoms. The Morgan fingerprint density at radius 1 is 0.744 bits per heavy atom. The van der Waals surface area contributed by atoms with Crippen LogP contribution in [0, 0.1) is 5.92 Å². The van der Waals surface area contributed by atoms with E-state index in [4.69, 9.17) is 14.2 Å². The molecule has 1 aliphatic rings. The minimum Gasteiger partial charge on any atom is -0.494 e. The van der Waals surface area contributed by atoms with Crippen molar-refractivity contribution >= 4 is 5.97 Å². The minimum absolute atomic E-state index is 0.162. The molecule has 0 amide bonds. The molecule has 216 valence electrons. The lowest BCUT2D eigenvalue weighted by atomic mass is 9.88. The van der Waals surface area contributed by atoms with Crippen molar-refractivity contribution in [2.24, 2.45) is 5.92 Å². The average Bonchev–Trinajstić information content (AvgIpc) is 2.97. The Morgan fingerprint density at radius 3 is 1.87 bits per heavy atom. The first kappa shape index (κ1) is 31.0. The second-order valence-electron chi connectivity index (χ2n) is 11.0. The number of benzene rings is 2. The van der Waals surface area contributed by atoms with Gasteiger partial charge in [-0.1, -0.05) is 89.5 Å². The molecule has 2 aromatic carbocycles. The highest BCUT2D eigenvalue weighted by Crippen LogP contribution is 2.29. The van der Waals surface area contributed by atoms with Gasteiger partial charge in [0.1, 0.15) is 17.6 Å². The number of unbranched alkanes of at least 4 members (excludes halogenated alkanes) is 7. The van der Waals surface area contributed by atoms with Crippen molar-refractivity contribution in [2.75, 3.05) is 13.2 Å². The molecule has 0 aliphatic heterocycles. The van der Waals surface area contributed by atoms with Crippen LogP contribution in [0.15, 0.2) is 48.5 Å². The molecule has 1 aliphatic carbocycles. The lowest BCUT2D eigenvalue weighted by Gasteiger charge is -2.28. The summed E-state index contributed by atoms with van der Waals surface area (Å²) in [5.74, 6) is 1.52. The van der Waals surface area contributed by atoms with Crippen LogP contribution in [0.25, 0.3) is 11.1 Å². The van der Waals surface area contributed by atoms with Gasteiger partial charge in [-0.15, -0.1) is 0 Å². The van der Waals surface area contributed by atoms with E-state index >= 15 is 0 Å². The summed E-state index contributed by atoms with van der Waals surface area (Å²) in [6.07, 6.45) is 12.6. The van der Waals surface area contributed by atoms with Gasteiger partial charge in [0.25, 0.3) is 0 Å². The molecule has 1 fully saturated rings. The molecule has 3 rings (SSSR count). The zero-order chi connectivity index (χ0) is 27.7. The summed E-state index contributed by atoms with van der Waals surface area (Å²) in [6.45, 7) is 5.67. The van der Waals surface area contributed by atoms with E-state index in [0.717, 1.165) is 67.8 Å². The highest BCUT2D eigenvalue weighted by atomic mass is 19.1. The van der Waals surface area contributed by atoms with Crippen molar-refractivity contribution in [3.05, 3.63) is 48.5 Å². The maximum absolute atomic E-state index is 13.9. The zero-order valence-electron chi connectivity index (χ0n) is 24.2. The number of hydrogen-bond donors (Lipinski definition) is 0. The predicted molar refractivity (Wildman–Crippen MR) is 157 cm³/mol. The number of carbonyl (C=O) groups excluding carboxylic acids is 1. The Hall–Kier alpha value is -2.56. The Morgan fingerprint density at radius 2 is 1.28 bits per heavy atom. The summed E-state index contributed by atoms with van der Waals surface area (Å²) < 4.78 is 31.3. The fourth-order valence-corrected chi connectivity index (χ4v) is 5.11. The molecule has 0 N–H and O–H groups in total. The first-order valence-corrected chi connectivity index (χ1v) is 15.4. The van der Waals surface area contributed by atoms with Crippen LogP contribution in [0.5, 0.6) is 11.5 Å². The Labute approximate surface area is 235 Å². The molecular formula is C34H49FO4. The van der Waals surface area contributed by atoms with Crippen LogP contribution in [0.3, 0.4) is 0 Å². The fraction of sp³-hybridized carbons (Fsp3) is 0.618. The summed E-state index contributed by atoms with van der Waals surface area (Å²) in [5.41, 5.74) is 2.30. The predicted octanol–water partition coefficient (Wildman–Crippen LogP) is 9.49. The van der Waals surface area contributed by atoms with Gasteiger partial charge in [0, 0.05) is 0 Å². The van der Waals surface area contributed by atoms with E-state index < -0.39 is 12.1 Å². The minimum atomic E-state index is -1.49. The van der Waals surface area contributed by atoms with Gasteiger partial charge in [0.05, 0.1) is 13.2 Å². The van der Waals surface area contributed by atoms with E-state index in [-0.39, 0.29) is 12.5 Å². The fourth-order valence-electron chi connectivity index (χ4n) is 5.11. The van der Waals surface area contributed by atoms with Gasteiger partial charge < -0.3 is 14.2 Å². The second-order valence-corrected chi connectivity index (χ2v) is 11.0. The van der Waals surface area contributed by atoms with E-state index in [9.17, 15) is 9.18 Å². The van der Waals surface area contributed by atoms with Crippen molar-refractivity contribution in [1.29, 1.82) is 0 Å². The summed E-state index contributed by atoms with van der Waals surface area (Å²) in [7, 11) is 0. The molecular weight excluding hydrogens is 491 g/mol. The van der Waals surface area contributed by atoms with Gasteiger partial charge in [0.2, 0.25) is 0 Å². The zero-order valence-corrected chi connectivity index (χ0v) is 24.2. The van der Waals surface area contributed by atoms with Crippen molar-refractivity contribution in [2.45, 2.75) is 116 Å². The van der Waals surface area contributed by atoms with E-state index in [0.29, 0.717) is 18.9 Å². The third-order valence-electron chi connectivity index (χ3n) is 7.69.